The largest absolute Gasteiger partial charge is 0.494 e. The van der Waals surface area contributed by atoms with Gasteiger partial charge in [-0.1, -0.05) is 17.8 Å². The van der Waals surface area contributed by atoms with E-state index in [9.17, 15) is 0 Å². The number of hydrogen-bond acceptors (Lipinski definition) is 7. The minimum atomic E-state index is 0.562. The lowest BCUT2D eigenvalue weighted by atomic mass is 10.2. The second-order valence-electron chi connectivity index (χ2n) is 7.15. The number of hydrogen-bond donors (Lipinski definition) is 0. The first kappa shape index (κ1) is 19.8. The fourth-order valence-corrected chi connectivity index (χ4v) is 5.85. The van der Waals surface area contributed by atoms with Crippen molar-refractivity contribution in [2.75, 3.05) is 6.61 Å². The minimum Gasteiger partial charge on any atom is -0.494 e. The zero-order valence-electron chi connectivity index (χ0n) is 16.7. The molecule has 1 saturated carbocycles. The molecule has 3 aromatic heterocycles. The molecule has 1 aliphatic carbocycles. The highest BCUT2D eigenvalue weighted by molar-refractivity contribution is 7.98. The van der Waals surface area contributed by atoms with Crippen LogP contribution < -0.4 is 4.74 Å². The number of ether oxygens (including phenoxy) is 1. The predicted octanol–water partition coefficient (Wildman–Crippen LogP) is 6.08. The topological polar surface area (TPSA) is 52.8 Å². The van der Waals surface area contributed by atoms with Crippen LogP contribution >= 0.6 is 34.4 Å². The molecular weight excluding hydrogens is 432 g/mol. The molecule has 0 unspecified atom stereocenters. The molecule has 5 nitrogen and oxygen atoms in total. The standard InChI is InChI=1S/C22H22N4OS3/c1-2-27-18-9-5-15(6-10-18)21-23-16(13-29-21)14-30-22-25-24-20(26(22)17-7-8-17)12-19-4-3-11-28-19/h3-6,9-11,13,17H,2,7-8,12,14H2,1H3. The summed E-state index contributed by atoms with van der Waals surface area (Å²) >= 11 is 5.20. The third kappa shape index (κ3) is 4.45. The Kier molecular flexibility index (Phi) is 5.88. The number of thioether (sulfide) groups is 1. The Morgan fingerprint density at radius 2 is 2.00 bits per heavy atom. The lowest BCUT2D eigenvalue weighted by molar-refractivity contribution is 0.340. The molecule has 3 heterocycles. The summed E-state index contributed by atoms with van der Waals surface area (Å²) < 4.78 is 7.88. The number of benzene rings is 1. The van der Waals surface area contributed by atoms with Crippen LogP contribution in [-0.4, -0.2) is 26.4 Å². The van der Waals surface area contributed by atoms with Gasteiger partial charge in [0.05, 0.1) is 12.3 Å². The minimum absolute atomic E-state index is 0.562. The summed E-state index contributed by atoms with van der Waals surface area (Å²) in [6, 6.07) is 13.0. The summed E-state index contributed by atoms with van der Waals surface area (Å²) in [6.45, 7) is 2.67. The Morgan fingerprint density at radius 3 is 2.73 bits per heavy atom. The molecule has 0 saturated heterocycles. The number of nitrogens with zero attached hydrogens (tertiary/aromatic N) is 4. The van der Waals surface area contributed by atoms with E-state index in [0.29, 0.717) is 12.6 Å². The highest BCUT2D eigenvalue weighted by atomic mass is 32.2. The van der Waals surface area contributed by atoms with Gasteiger partial charge in [-0.05, 0) is 55.5 Å². The molecule has 0 N–H and O–H groups in total. The van der Waals surface area contributed by atoms with E-state index in [0.717, 1.165) is 45.2 Å². The molecule has 4 aromatic rings. The van der Waals surface area contributed by atoms with Crippen molar-refractivity contribution in [2.24, 2.45) is 0 Å². The van der Waals surface area contributed by atoms with Crippen LogP contribution in [-0.2, 0) is 12.2 Å². The van der Waals surface area contributed by atoms with Crippen LogP contribution in [0.4, 0.5) is 0 Å². The molecule has 0 atom stereocenters. The number of thiazole rings is 1. The van der Waals surface area contributed by atoms with Crippen LogP contribution in [0.5, 0.6) is 5.75 Å². The molecule has 1 aliphatic rings. The van der Waals surface area contributed by atoms with Crippen LogP contribution in [0.1, 0.15) is 42.2 Å². The Balaban J connectivity index is 1.27. The fourth-order valence-electron chi connectivity index (χ4n) is 3.30. The van der Waals surface area contributed by atoms with Crippen LogP contribution in [0.25, 0.3) is 10.6 Å². The van der Waals surface area contributed by atoms with Crippen LogP contribution in [0, 0.1) is 0 Å². The predicted molar refractivity (Wildman–Crippen MR) is 124 cm³/mol. The van der Waals surface area contributed by atoms with Gasteiger partial charge in [-0.2, -0.15) is 0 Å². The van der Waals surface area contributed by atoms with Crippen LogP contribution in [0.3, 0.4) is 0 Å². The van der Waals surface area contributed by atoms with E-state index in [1.54, 1.807) is 34.4 Å². The van der Waals surface area contributed by atoms with Crippen molar-refractivity contribution in [2.45, 2.75) is 43.1 Å². The molecule has 8 heteroatoms. The average molecular weight is 455 g/mol. The first-order valence-corrected chi connectivity index (χ1v) is 12.8. The second kappa shape index (κ2) is 8.91. The van der Waals surface area contributed by atoms with Gasteiger partial charge in [0.15, 0.2) is 5.16 Å². The van der Waals surface area contributed by atoms with Crippen molar-refractivity contribution >= 4 is 34.4 Å². The monoisotopic (exact) mass is 454 g/mol. The maximum absolute atomic E-state index is 5.52. The van der Waals surface area contributed by atoms with Gasteiger partial charge in [0.2, 0.25) is 0 Å². The molecule has 0 amide bonds. The summed E-state index contributed by atoms with van der Waals surface area (Å²) in [5.74, 6) is 2.78. The molecule has 0 spiro atoms. The van der Waals surface area contributed by atoms with Crippen molar-refractivity contribution < 1.29 is 4.74 Å². The number of aromatic nitrogens is 4. The molecule has 154 valence electrons. The van der Waals surface area contributed by atoms with Crippen molar-refractivity contribution in [3.8, 4) is 16.3 Å². The summed E-state index contributed by atoms with van der Waals surface area (Å²) in [7, 11) is 0. The Morgan fingerprint density at radius 1 is 1.13 bits per heavy atom. The smallest absolute Gasteiger partial charge is 0.191 e. The Bertz CT molecular complexity index is 1100. The summed E-state index contributed by atoms with van der Waals surface area (Å²) in [5, 5.41) is 15.3. The lowest BCUT2D eigenvalue weighted by Crippen LogP contribution is -2.03. The van der Waals surface area contributed by atoms with Gasteiger partial charge in [0, 0.05) is 34.0 Å². The Labute approximate surface area is 188 Å². The molecule has 5 rings (SSSR count). The van der Waals surface area contributed by atoms with E-state index < -0.39 is 0 Å². The third-order valence-electron chi connectivity index (χ3n) is 4.87. The van der Waals surface area contributed by atoms with Gasteiger partial charge in [0.25, 0.3) is 0 Å². The number of thiophene rings is 1. The molecular formula is C22H22N4OS3. The quantitative estimate of drug-likeness (QED) is 0.287. The highest BCUT2D eigenvalue weighted by Gasteiger charge is 2.29. The first-order valence-electron chi connectivity index (χ1n) is 10.1. The lowest BCUT2D eigenvalue weighted by Gasteiger charge is -2.07. The molecule has 1 fully saturated rings. The first-order chi connectivity index (χ1) is 14.8. The van der Waals surface area contributed by atoms with Crippen molar-refractivity contribution in [1.82, 2.24) is 19.7 Å². The van der Waals surface area contributed by atoms with Gasteiger partial charge < -0.3 is 9.30 Å². The molecule has 30 heavy (non-hydrogen) atoms. The normalized spacial score (nSPS) is 13.6. The third-order valence-corrected chi connectivity index (χ3v) is 7.67. The second-order valence-corrected chi connectivity index (χ2v) is 9.98. The van der Waals surface area contributed by atoms with Crippen molar-refractivity contribution in [3.05, 3.63) is 63.6 Å². The van der Waals surface area contributed by atoms with Crippen molar-refractivity contribution in [3.63, 3.8) is 0 Å². The zero-order chi connectivity index (χ0) is 20.3. The summed E-state index contributed by atoms with van der Waals surface area (Å²) in [4.78, 5) is 6.16. The van der Waals surface area contributed by atoms with Crippen LogP contribution in [0.15, 0.2) is 52.3 Å². The average Bonchev–Trinajstić information content (AvgIpc) is 3.15. The molecule has 1 aromatic carbocycles. The fraction of sp³-hybridized carbons (Fsp3) is 0.318. The van der Waals surface area contributed by atoms with E-state index >= 15 is 0 Å². The maximum atomic E-state index is 5.52. The van der Waals surface area contributed by atoms with E-state index in [1.807, 2.05) is 19.1 Å². The number of rotatable bonds is 9. The molecule has 0 radical (unpaired) electrons. The molecule has 0 aliphatic heterocycles. The van der Waals surface area contributed by atoms with E-state index in [2.05, 4.69) is 49.8 Å². The SMILES string of the molecule is CCOc1ccc(-c2nc(CSc3nnc(Cc4cccs4)n3C3CC3)cs2)cc1. The summed E-state index contributed by atoms with van der Waals surface area (Å²) in [6.07, 6.45) is 3.31. The van der Waals surface area contributed by atoms with Crippen LogP contribution in [0.2, 0.25) is 0 Å². The Hall–Kier alpha value is -2.16. The molecule has 0 bridgehead atoms. The van der Waals surface area contributed by atoms with Gasteiger partial charge >= 0.3 is 0 Å². The van der Waals surface area contributed by atoms with Gasteiger partial charge in [-0.25, -0.2) is 4.98 Å². The van der Waals surface area contributed by atoms with E-state index in [-0.39, 0.29) is 0 Å². The van der Waals surface area contributed by atoms with Gasteiger partial charge in [0.1, 0.15) is 16.6 Å². The van der Waals surface area contributed by atoms with E-state index in [4.69, 9.17) is 9.72 Å². The zero-order valence-corrected chi connectivity index (χ0v) is 19.1. The van der Waals surface area contributed by atoms with Gasteiger partial charge in [-0.15, -0.1) is 32.9 Å². The highest BCUT2D eigenvalue weighted by Crippen LogP contribution is 2.40. The van der Waals surface area contributed by atoms with Gasteiger partial charge in [-0.3, -0.25) is 0 Å². The van der Waals surface area contributed by atoms with E-state index in [1.165, 1.54) is 17.7 Å². The van der Waals surface area contributed by atoms with Crippen molar-refractivity contribution in [1.29, 1.82) is 0 Å². The maximum Gasteiger partial charge on any atom is 0.191 e. The summed E-state index contributed by atoms with van der Waals surface area (Å²) in [5.41, 5.74) is 2.21.